The third kappa shape index (κ3) is 1.69. The number of hydrogen-bond acceptors (Lipinski definition) is 1. The molecule has 0 saturated carbocycles. The van der Waals surface area contributed by atoms with Crippen LogP contribution in [0.15, 0.2) is 6.07 Å². The highest BCUT2D eigenvalue weighted by Crippen LogP contribution is 2.13. The van der Waals surface area contributed by atoms with Crippen molar-refractivity contribution in [2.45, 2.75) is 26.1 Å². The minimum Gasteiger partial charge on any atom is -0.362 e. The number of alkyl halides is 1. The number of aromatic amines is 1. The van der Waals surface area contributed by atoms with Crippen LogP contribution >= 0.6 is 11.6 Å². The average Bonchev–Trinajstić information content (AvgIpc) is 2.28. The van der Waals surface area contributed by atoms with E-state index < -0.39 is 5.38 Å². The van der Waals surface area contributed by atoms with Gasteiger partial charge in [-0.3, -0.25) is 4.79 Å². The molecule has 1 aromatic rings. The lowest BCUT2D eigenvalue weighted by Gasteiger charge is -1.99. The normalized spacial score (nSPS) is 13.0. The van der Waals surface area contributed by atoms with E-state index in [1.165, 1.54) is 0 Å². The molecule has 0 amide bonds. The van der Waals surface area contributed by atoms with Gasteiger partial charge in [-0.1, -0.05) is 0 Å². The van der Waals surface area contributed by atoms with Crippen LogP contribution in [0.3, 0.4) is 0 Å². The summed E-state index contributed by atoms with van der Waals surface area (Å²) in [5.74, 6) is -0.0153. The number of carbonyl (C=O) groups excluding carboxylic acids is 1. The molecule has 1 aromatic heterocycles. The predicted octanol–water partition coefficient (Wildman–Crippen LogP) is 2.44. The van der Waals surface area contributed by atoms with Gasteiger partial charge in [0.25, 0.3) is 0 Å². The minimum atomic E-state index is -0.445. The summed E-state index contributed by atoms with van der Waals surface area (Å²) in [4.78, 5) is 14.5. The van der Waals surface area contributed by atoms with Gasteiger partial charge in [0, 0.05) is 17.0 Å². The average molecular weight is 186 g/mol. The maximum absolute atomic E-state index is 11.4. The number of carbonyl (C=O) groups is 1. The summed E-state index contributed by atoms with van der Waals surface area (Å²) in [7, 11) is 0. The third-order valence-corrected chi connectivity index (χ3v) is 1.97. The maximum Gasteiger partial charge on any atom is 0.182 e. The predicted molar refractivity (Wildman–Crippen MR) is 49.9 cm³/mol. The van der Waals surface area contributed by atoms with E-state index in [2.05, 4.69) is 4.98 Å². The van der Waals surface area contributed by atoms with Crippen LogP contribution in [0.5, 0.6) is 0 Å². The van der Waals surface area contributed by atoms with Crippen molar-refractivity contribution in [3.63, 3.8) is 0 Å². The fourth-order valence-corrected chi connectivity index (χ4v) is 1.31. The monoisotopic (exact) mass is 185 g/mol. The van der Waals surface area contributed by atoms with Gasteiger partial charge in [-0.05, 0) is 26.8 Å². The minimum absolute atomic E-state index is 0.0153. The molecule has 1 rings (SSSR count). The zero-order valence-corrected chi connectivity index (χ0v) is 8.20. The van der Waals surface area contributed by atoms with Crippen molar-refractivity contribution < 1.29 is 4.79 Å². The molecule has 0 radical (unpaired) electrons. The first-order chi connectivity index (χ1) is 5.52. The zero-order valence-electron chi connectivity index (χ0n) is 7.44. The second-order valence-electron chi connectivity index (χ2n) is 2.97. The number of Topliss-reactive ketones (excluding diaryl/α,β-unsaturated/α-hetero) is 1. The van der Waals surface area contributed by atoms with E-state index in [0.29, 0.717) is 5.56 Å². The van der Waals surface area contributed by atoms with Gasteiger partial charge >= 0.3 is 0 Å². The van der Waals surface area contributed by atoms with E-state index in [0.717, 1.165) is 11.4 Å². The quantitative estimate of drug-likeness (QED) is 0.557. The van der Waals surface area contributed by atoms with Crippen LogP contribution in [0.1, 0.15) is 28.7 Å². The molecule has 0 aliphatic heterocycles. The zero-order chi connectivity index (χ0) is 9.30. The van der Waals surface area contributed by atoms with E-state index in [1.54, 1.807) is 6.92 Å². The van der Waals surface area contributed by atoms with Crippen LogP contribution in [0.2, 0.25) is 0 Å². The number of halogens is 1. The molecule has 0 spiro atoms. The summed E-state index contributed by atoms with van der Waals surface area (Å²) in [5, 5.41) is -0.445. The number of aromatic nitrogens is 1. The Labute approximate surface area is 76.9 Å². The van der Waals surface area contributed by atoms with Crippen molar-refractivity contribution in [3.8, 4) is 0 Å². The van der Waals surface area contributed by atoms with E-state index in [9.17, 15) is 4.79 Å². The molecule has 0 fully saturated rings. The first kappa shape index (κ1) is 9.33. The Morgan fingerprint density at radius 3 is 2.50 bits per heavy atom. The molecule has 66 valence electrons. The number of H-pyrrole nitrogens is 1. The molecule has 0 aliphatic carbocycles. The summed E-state index contributed by atoms with van der Waals surface area (Å²) < 4.78 is 0. The van der Waals surface area contributed by atoms with E-state index in [-0.39, 0.29) is 5.78 Å². The smallest absolute Gasteiger partial charge is 0.182 e. The van der Waals surface area contributed by atoms with Crippen molar-refractivity contribution in [2.75, 3.05) is 0 Å². The van der Waals surface area contributed by atoms with Crippen LogP contribution in [-0.4, -0.2) is 16.1 Å². The molecule has 0 aromatic carbocycles. The van der Waals surface area contributed by atoms with Crippen LogP contribution in [-0.2, 0) is 0 Å². The molecule has 2 nitrogen and oxygen atoms in total. The van der Waals surface area contributed by atoms with Crippen LogP contribution < -0.4 is 0 Å². The van der Waals surface area contributed by atoms with Gasteiger partial charge in [0.2, 0.25) is 0 Å². The molecule has 1 atom stereocenters. The fourth-order valence-electron chi connectivity index (χ4n) is 1.19. The molecule has 0 saturated heterocycles. The lowest BCUT2D eigenvalue weighted by Crippen LogP contribution is -2.10. The molecular formula is C9H12ClNO. The van der Waals surface area contributed by atoms with Gasteiger partial charge in [0.15, 0.2) is 5.78 Å². The van der Waals surface area contributed by atoms with E-state index in [4.69, 9.17) is 11.6 Å². The SMILES string of the molecule is Cc1cc(C(=O)C(C)Cl)c(C)[nH]1. The molecule has 1 N–H and O–H groups in total. The highest BCUT2D eigenvalue weighted by Gasteiger charge is 2.15. The maximum atomic E-state index is 11.4. The summed E-state index contributed by atoms with van der Waals surface area (Å²) >= 11 is 5.68. The number of aryl methyl sites for hydroxylation is 2. The Balaban J connectivity index is 3.02. The molecular weight excluding hydrogens is 174 g/mol. The van der Waals surface area contributed by atoms with Gasteiger partial charge < -0.3 is 4.98 Å². The first-order valence-corrected chi connectivity index (χ1v) is 4.30. The number of rotatable bonds is 2. The first-order valence-electron chi connectivity index (χ1n) is 3.87. The summed E-state index contributed by atoms with van der Waals surface area (Å²) in [5.41, 5.74) is 2.59. The topological polar surface area (TPSA) is 32.9 Å². The molecule has 0 bridgehead atoms. The van der Waals surface area contributed by atoms with Gasteiger partial charge in [-0.15, -0.1) is 11.6 Å². The lowest BCUT2D eigenvalue weighted by molar-refractivity contribution is 0.0991. The summed E-state index contributed by atoms with van der Waals surface area (Å²) in [6.07, 6.45) is 0. The Kier molecular flexibility index (Phi) is 2.58. The summed E-state index contributed by atoms with van der Waals surface area (Å²) in [6.45, 7) is 5.48. The summed E-state index contributed by atoms with van der Waals surface area (Å²) in [6, 6.07) is 1.83. The second-order valence-corrected chi connectivity index (χ2v) is 3.63. The van der Waals surface area contributed by atoms with Gasteiger partial charge in [-0.2, -0.15) is 0 Å². The fraction of sp³-hybridized carbons (Fsp3) is 0.444. The highest BCUT2D eigenvalue weighted by molar-refractivity contribution is 6.33. The third-order valence-electron chi connectivity index (χ3n) is 1.78. The standard InChI is InChI=1S/C9H12ClNO/c1-5-4-8(7(3)11-5)9(12)6(2)10/h4,6,11H,1-3H3. The number of nitrogens with one attached hydrogen (secondary N) is 1. The molecule has 1 unspecified atom stereocenters. The van der Waals surface area contributed by atoms with Gasteiger partial charge in [-0.25, -0.2) is 0 Å². The second kappa shape index (κ2) is 3.31. The Hall–Kier alpha value is -0.760. The van der Waals surface area contributed by atoms with Crippen molar-refractivity contribution in [3.05, 3.63) is 23.0 Å². The van der Waals surface area contributed by atoms with Crippen molar-refractivity contribution >= 4 is 17.4 Å². The molecule has 0 aliphatic rings. The number of hydrogen-bond donors (Lipinski definition) is 1. The Morgan fingerprint density at radius 2 is 2.17 bits per heavy atom. The highest BCUT2D eigenvalue weighted by atomic mass is 35.5. The Bertz CT molecular complexity index is 301. The van der Waals surface area contributed by atoms with Crippen LogP contribution in [0.4, 0.5) is 0 Å². The largest absolute Gasteiger partial charge is 0.362 e. The lowest BCUT2D eigenvalue weighted by atomic mass is 10.1. The molecule has 1 heterocycles. The molecule has 12 heavy (non-hydrogen) atoms. The van der Waals surface area contributed by atoms with E-state index >= 15 is 0 Å². The van der Waals surface area contributed by atoms with Crippen molar-refractivity contribution in [1.29, 1.82) is 0 Å². The van der Waals surface area contributed by atoms with Crippen molar-refractivity contribution in [2.24, 2.45) is 0 Å². The Morgan fingerprint density at radius 1 is 1.58 bits per heavy atom. The van der Waals surface area contributed by atoms with Crippen molar-refractivity contribution in [1.82, 2.24) is 4.98 Å². The van der Waals surface area contributed by atoms with Crippen LogP contribution in [0, 0.1) is 13.8 Å². The number of ketones is 1. The van der Waals surface area contributed by atoms with E-state index in [1.807, 2.05) is 19.9 Å². The van der Waals surface area contributed by atoms with Gasteiger partial charge in [0.05, 0.1) is 5.38 Å². The van der Waals surface area contributed by atoms with Gasteiger partial charge in [0.1, 0.15) is 0 Å². The van der Waals surface area contributed by atoms with Crippen LogP contribution in [0.25, 0.3) is 0 Å². The molecule has 3 heteroatoms.